The van der Waals surface area contributed by atoms with Crippen molar-refractivity contribution in [3.05, 3.63) is 35.2 Å². The molecule has 1 aromatic carbocycles. The number of aliphatic hydroxyl groups is 1. The number of benzene rings is 1. The predicted octanol–water partition coefficient (Wildman–Crippen LogP) is 2.75. The lowest BCUT2D eigenvalue weighted by Gasteiger charge is -2.16. The van der Waals surface area contributed by atoms with Gasteiger partial charge in [0.15, 0.2) is 0 Å². The van der Waals surface area contributed by atoms with Crippen LogP contribution in [0.3, 0.4) is 0 Å². The molecule has 1 aliphatic heterocycles. The van der Waals surface area contributed by atoms with E-state index in [0.29, 0.717) is 5.92 Å². The summed E-state index contributed by atoms with van der Waals surface area (Å²) in [5.74, 6) is 0.594. The lowest BCUT2D eigenvalue weighted by molar-refractivity contribution is 0.0787. The first-order chi connectivity index (χ1) is 9.29. The molecule has 1 unspecified atom stereocenters. The molecule has 1 amide bonds. The van der Waals surface area contributed by atoms with Gasteiger partial charge in [-0.2, -0.15) is 0 Å². The number of fused-ring (bicyclic) bond motifs is 1. The summed E-state index contributed by atoms with van der Waals surface area (Å²) in [7, 11) is 0. The number of carbonyl (C=O) groups is 1. The molecule has 3 rings (SSSR count). The van der Waals surface area contributed by atoms with Crippen molar-refractivity contribution in [3.63, 3.8) is 0 Å². The highest BCUT2D eigenvalue weighted by Gasteiger charge is 2.27. The number of aliphatic hydroxyl groups excluding tert-OH is 1. The first-order valence-corrected chi connectivity index (χ1v) is 7.54. The Morgan fingerprint density at radius 2 is 2.26 bits per heavy atom. The summed E-state index contributed by atoms with van der Waals surface area (Å²) in [6.07, 6.45) is 1.81. The Balaban J connectivity index is 1.81. The minimum absolute atomic E-state index is 0.137. The largest absolute Gasteiger partial charge is 0.396 e. The van der Waals surface area contributed by atoms with Gasteiger partial charge in [-0.25, -0.2) is 0 Å². The van der Waals surface area contributed by atoms with E-state index >= 15 is 0 Å². The Hall–Kier alpha value is -1.39. The lowest BCUT2D eigenvalue weighted by atomic mass is 10.1. The highest BCUT2D eigenvalue weighted by molar-refractivity contribution is 7.17. The minimum atomic E-state index is 0.137. The lowest BCUT2D eigenvalue weighted by Crippen LogP contribution is -2.28. The molecule has 0 saturated carbocycles. The molecule has 1 aromatic heterocycles. The van der Waals surface area contributed by atoms with Crippen LogP contribution in [0.25, 0.3) is 10.1 Å². The van der Waals surface area contributed by atoms with E-state index < -0.39 is 0 Å². The number of hydrogen-bond acceptors (Lipinski definition) is 3. The fraction of sp³-hybridized carbons (Fsp3) is 0.400. The van der Waals surface area contributed by atoms with Crippen LogP contribution in [-0.2, 0) is 0 Å². The highest BCUT2D eigenvalue weighted by atomic mass is 32.1. The van der Waals surface area contributed by atoms with Crippen molar-refractivity contribution in [1.29, 1.82) is 0 Å². The fourth-order valence-electron chi connectivity index (χ4n) is 2.75. The molecule has 2 heterocycles. The molecule has 0 bridgehead atoms. The molecular weight excluding hydrogens is 258 g/mol. The molecule has 1 atom stereocenters. The van der Waals surface area contributed by atoms with Gasteiger partial charge in [-0.3, -0.25) is 4.79 Å². The molecule has 19 heavy (non-hydrogen) atoms. The number of nitrogens with zero attached hydrogens (tertiary/aromatic N) is 1. The van der Waals surface area contributed by atoms with Gasteiger partial charge in [0.05, 0.1) is 5.56 Å². The number of amides is 1. The van der Waals surface area contributed by atoms with Crippen LogP contribution in [0, 0.1) is 5.92 Å². The van der Waals surface area contributed by atoms with Gasteiger partial charge in [-0.15, -0.1) is 11.3 Å². The van der Waals surface area contributed by atoms with Crippen LogP contribution in [0.1, 0.15) is 23.2 Å². The maximum atomic E-state index is 12.5. The standard InChI is InChI=1S/C15H17NO2S/c17-8-6-11-5-7-16(9-11)15(18)13-10-19-14-4-2-1-3-12(13)14/h1-4,10-11,17H,5-9H2. The van der Waals surface area contributed by atoms with Crippen LogP contribution in [0.2, 0.25) is 0 Å². The summed E-state index contributed by atoms with van der Waals surface area (Å²) in [5, 5.41) is 12.0. The summed E-state index contributed by atoms with van der Waals surface area (Å²) in [4.78, 5) is 14.5. The number of rotatable bonds is 3. The molecule has 100 valence electrons. The van der Waals surface area contributed by atoms with Crippen molar-refractivity contribution in [3.8, 4) is 0 Å². The molecule has 3 nitrogen and oxygen atoms in total. The molecule has 4 heteroatoms. The van der Waals surface area contributed by atoms with E-state index in [0.717, 1.165) is 41.6 Å². The summed E-state index contributed by atoms with van der Waals surface area (Å²) >= 11 is 1.62. The summed E-state index contributed by atoms with van der Waals surface area (Å²) < 4.78 is 1.16. The van der Waals surface area contributed by atoms with E-state index in [9.17, 15) is 4.79 Å². The second-order valence-electron chi connectivity index (χ2n) is 5.06. The summed E-state index contributed by atoms with van der Waals surface area (Å²) in [6.45, 7) is 1.81. The van der Waals surface area contributed by atoms with E-state index in [1.807, 2.05) is 28.5 Å². The maximum absolute atomic E-state index is 12.5. The van der Waals surface area contributed by atoms with E-state index in [-0.39, 0.29) is 12.5 Å². The van der Waals surface area contributed by atoms with Crippen molar-refractivity contribution in [2.24, 2.45) is 5.92 Å². The SMILES string of the molecule is O=C(c1csc2ccccc12)N1CCC(CCO)C1. The fourth-order valence-corrected chi connectivity index (χ4v) is 3.68. The second kappa shape index (κ2) is 5.31. The number of carbonyl (C=O) groups excluding carboxylic acids is 1. The van der Waals surface area contributed by atoms with Gasteiger partial charge in [0, 0.05) is 35.2 Å². The zero-order valence-electron chi connectivity index (χ0n) is 10.7. The average molecular weight is 275 g/mol. The third-order valence-corrected chi connectivity index (χ3v) is 4.79. The van der Waals surface area contributed by atoms with Crippen LogP contribution in [0.15, 0.2) is 29.6 Å². The van der Waals surface area contributed by atoms with Gasteiger partial charge in [0.1, 0.15) is 0 Å². The van der Waals surface area contributed by atoms with Crippen molar-refractivity contribution >= 4 is 27.3 Å². The molecule has 0 spiro atoms. The predicted molar refractivity (Wildman–Crippen MR) is 77.5 cm³/mol. The van der Waals surface area contributed by atoms with Crippen LogP contribution in [-0.4, -0.2) is 35.6 Å². The summed E-state index contributed by atoms with van der Waals surface area (Å²) in [5.41, 5.74) is 0.824. The van der Waals surface area contributed by atoms with Crippen molar-refractivity contribution < 1.29 is 9.90 Å². The number of thiophene rings is 1. The van der Waals surface area contributed by atoms with Crippen LogP contribution in [0.4, 0.5) is 0 Å². The normalized spacial score (nSPS) is 19.2. The van der Waals surface area contributed by atoms with Gasteiger partial charge >= 0.3 is 0 Å². The van der Waals surface area contributed by atoms with Gasteiger partial charge in [-0.05, 0) is 24.8 Å². The van der Waals surface area contributed by atoms with Crippen LogP contribution < -0.4 is 0 Å². The third-order valence-electron chi connectivity index (χ3n) is 3.82. The van der Waals surface area contributed by atoms with E-state index in [4.69, 9.17) is 5.11 Å². The summed E-state index contributed by atoms with van der Waals surface area (Å²) in [6, 6.07) is 8.04. The van der Waals surface area contributed by atoms with Gasteiger partial charge in [0.2, 0.25) is 0 Å². The van der Waals surface area contributed by atoms with Crippen LogP contribution in [0.5, 0.6) is 0 Å². The zero-order chi connectivity index (χ0) is 13.2. The number of likely N-dealkylation sites (tertiary alicyclic amines) is 1. The van der Waals surface area contributed by atoms with Gasteiger partial charge < -0.3 is 10.0 Å². The Labute approximate surface area is 116 Å². The van der Waals surface area contributed by atoms with E-state index in [2.05, 4.69) is 6.07 Å². The van der Waals surface area contributed by atoms with E-state index in [1.54, 1.807) is 11.3 Å². The first-order valence-electron chi connectivity index (χ1n) is 6.66. The Morgan fingerprint density at radius 3 is 3.11 bits per heavy atom. The molecule has 1 fully saturated rings. The second-order valence-corrected chi connectivity index (χ2v) is 5.97. The molecule has 1 N–H and O–H groups in total. The first kappa shape index (κ1) is 12.6. The van der Waals surface area contributed by atoms with Gasteiger partial charge in [-0.1, -0.05) is 18.2 Å². The Bertz CT molecular complexity index is 593. The average Bonchev–Trinajstić information content (AvgIpc) is 3.05. The highest BCUT2D eigenvalue weighted by Crippen LogP contribution is 2.28. The topological polar surface area (TPSA) is 40.5 Å². The maximum Gasteiger partial charge on any atom is 0.255 e. The van der Waals surface area contributed by atoms with Gasteiger partial charge in [0.25, 0.3) is 5.91 Å². The quantitative estimate of drug-likeness (QED) is 0.935. The monoisotopic (exact) mass is 275 g/mol. The third kappa shape index (κ3) is 2.38. The Morgan fingerprint density at radius 1 is 1.42 bits per heavy atom. The van der Waals surface area contributed by atoms with Crippen molar-refractivity contribution in [2.45, 2.75) is 12.8 Å². The molecule has 2 aromatic rings. The van der Waals surface area contributed by atoms with Crippen LogP contribution >= 0.6 is 11.3 Å². The molecule has 0 aliphatic carbocycles. The van der Waals surface area contributed by atoms with Crippen molar-refractivity contribution in [2.75, 3.05) is 19.7 Å². The number of hydrogen-bond donors (Lipinski definition) is 1. The van der Waals surface area contributed by atoms with E-state index in [1.165, 1.54) is 0 Å². The molecule has 0 radical (unpaired) electrons. The molecule has 1 saturated heterocycles. The minimum Gasteiger partial charge on any atom is -0.396 e. The smallest absolute Gasteiger partial charge is 0.255 e. The van der Waals surface area contributed by atoms with Crippen molar-refractivity contribution in [1.82, 2.24) is 4.90 Å². The zero-order valence-corrected chi connectivity index (χ0v) is 11.5. The Kier molecular flexibility index (Phi) is 3.53. The molecule has 1 aliphatic rings. The molecular formula is C15H17NO2S.